The van der Waals surface area contributed by atoms with Crippen LogP contribution in [0.2, 0.25) is 10.0 Å². The predicted molar refractivity (Wildman–Crippen MR) is 61.3 cm³/mol. The van der Waals surface area contributed by atoms with Crippen LogP contribution in [0.5, 0.6) is 0 Å². The predicted octanol–water partition coefficient (Wildman–Crippen LogP) is 4.37. The number of hydrogen-bond donors (Lipinski definition) is 1. The highest BCUT2D eigenvalue weighted by Crippen LogP contribution is 2.32. The molecule has 0 saturated carbocycles. The smallest absolute Gasteiger partial charge is 0.324 e. The molecule has 1 aromatic carbocycles. The van der Waals surface area contributed by atoms with Gasteiger partial charge in [-0.3, -0.25) is 0 Å². The Morgan fingerprint density at radius 2 is 1.81 bits per heavy atom. The van der Waals surface area contributed by atoms with Crippen molar-refractivity contribution >= 4 is 35.6 Å². The molecule has 7 heteroatoms. The summed E-state index contributed by atoms with van der Waals surface area (Å²) in [5.74, 6) is 0. The molecule has 0 amide bonds. The lowest BCUT2D eigenvalue weighted by Gasteiger charge is -2.15. The zero-order chi connectivity index (χ0) is 11.6. The summed E-state index contributed by atoms with van der Waals surface area (Å²) in [7, 11) is 0. The zero-order valence-electron chi connectivity index (χ0n) is 7.89. The standard InChI is InChI=1S/C9H8Cl2F3N.ClH/c10-5-1-2-7(11)6(3-5)8(15)4-9(12,13)14;/h1-3,8H,4,15H2;1H/t8-;/m1./s1. The van der Waals surface area contributed by atoms with E-state index in [0.717, 1.165) is 0 Å². The summed E-state index contributed by atoms with van der Waals surface area (Å²) in [5.41, 5.74) is 5.60. The molecule has 1 nitrogen and oxygen atoms in total. The van der Waals surface area contributed by atoms with Gasteiger partial charge in [-0.1, -0.05) is 23.2 Å². The fraction of sp³-hybridized carbons (Fsp3) is 0.333. The maximum Gasteiger partial charge on any atom is 0.390 e. The minimum absolute atomic E-state index is 0. The van der Waals surface area contributed by atoms with Crippen molar-refractivity contribution in [2.75, 3.05) is 0 Å². The Labute approximate surface area is 107 Å². The van der Waals surface area contributed by atoms with Crippen molar-refractivity contribution in [1.29, 1.82) is 0 Å². The molecule has 1 atom stereocenters. The van der Waals surface area contributed by atoms with Gasteiger partial charge in [0.05, 0.1) is 6.42 Å². The molecule has 0 aliphatic carbocycles. The van der Waals surface area contributed by atoms with Crippen LogP contribution >= 0.6 is 35.6 Å². The van der Waals surface area contributed by atoms with E-state index in [2.05, 4.69) is 0 Å². The van der Waals surface area contributed by atoms with Crippen molar-refractivity contribution in [3.05, 3.63) is 33.8 Å². The molecule has 1 aromatic rings. The van der Waals surface area contributed by atoms with E-state index in [9.17, 15) is 13.2 Å². The summed E-state index contributed by atoms with van der Waals surface area (Å²) in [4.78, 5) is 0. The van der Waals surface area contributed by atoms with Gasteiger partial charge in [0.2, 0.25) is 0 Å². The third-order valence-electron chi connectivity index (χ3n) is 1.81. The summed E-state index contributed by atoms with van der Waals surface area (Å²) < 4.78 is 36.2. The second-order valence-electron chi connectivity index (χ2n) is 3.09. The normalized spacial score (nSPS) is 13.1. The highest BCUT2D eigenvalue weighted by atomic mass is 35.5. The molecule has 0 radical (unpaired) electrons. The van der Waals surface area contributed by atoms with Crippen LogP contribution in [-0.4, -0.2) is 6.18 Å². The van der Waals surface area contributed by atoms with E-state index in [1.165, 1.54) is 18.2 Å². The van der Waals surface area contributed by atoms with Gasteiger partial charge in [0.15, 0.2) is 0 Å². The number of nitrogens with two attached hydrogens (primary N) is 1. The fourth-order valence-corrected chi connectivity index (χ4v) is 1.60. The Morgan fingerprint density at radius 3 is 2.31 bits per heavy atom. The lowest BCUT2D eigenvalue weighted by Crippen LogP contribution is -2.20. The number of hydrogen-bond acceptors (Lipinski definition) is 1. The fourth-order valence-electron chi connectivity index (χ4n) is 1.16. The molecule has 16 heavy (non-hydrogen) atoms. The minimum Gasteiger partial charge on any atom is -0.324 e. The van der Waals surface area contributed by atoms with E-state index in [0.29, 0.717) is 5.02 Å². The van der Waals surface area contributed by atoms with E-state index in [-0.39, 0.29) is 23.0 Å². The van der Waals surface area contributed by atoms with Gasteiger partial charge in [-0.25, -0.2) is 0 Å². The van der Waals surface area contributed by atoms with Crippen molar-refractivity contribution in [3.63, 3.8) is 0 Å². The van der Waals surface area contributed by atoms with Crippen LogP contribution in [0.25, 0.3) is 0 Å². The number of halogens is 6. The molecular weight excluding hydrogens is 285 g/mol. The van der Waals surface area contributed by atoms with E-state index < -0.39 is 18.6 Å². The van der Waals surface area contributed by atoms with Crippen molar-refractivity contribution in [3.8, 4) is 0 Å². The molecular formula is C9H9Cl3F3N. The molecule has 1 rings (SSSR count). The summed E-state index contributed by atoms with van der Waals surface area (Å²) in [6.07, 6.45) is -5.43. The van der Waals surface area contributed by atoms with Gasteiger partial charge in [0, 0.05) is 16.1 Å². The molecule has 0 saturated heterocycles. The average Bonchev–Trinajstić information content (AvgIpc) is 2.06. The molecule has 0 spiro atoms. The average molecular weight is 295 g/mol. The van der Waals surface area contributed by atoms with Crippen LogP contribution in [0.1, 0.15) is 18.0 Å². The minimum atomic E-state index is -4.31. The Hall–Kier alpha value is -0.160. The van der Waals surface area contributed by atoms with E-state index in [1.54, 1.807) is 0 Å². The second kappa shape index (κ2) is 5.96. The van der Waals surface area contributed by atoms with Crippen LogP contribution in [0.15, 0.2) is 18.2 Å². The number of benzene rings is 1. The second-order valence-corrected chi connectivity index (χ2v) is 3.94. The summed E-state index contributed by atoms with van der Waals surface area (Å²) in [6, 6.07) is 3.08. The molecule has 0 aliphatic rings. The van der Waals surface area contributed by atoms with E-state index in [4.69, 9.17) is 28.9 Å². The molecule has 0 aliphatic heterocycles. The van der Waals surface area contributed by atoms with E-state index >= 15 is 0 Å². The first-order valence-electron chi connectivity index (χ1n) is 4.07. The quantitative estimate of drug-likeness (QED) is 0.861. The first kappa shape index (κ1) is 15.8. The third kappa shape index (κ3) is 4.78. The Kier molecular flexibility index (Phi) is 5.90. The number of alkyl halides is 3. The largest absolute Gasteiger partial charge is 0.390 e. The first-order valence-corrected chi connectivity index (χ1v) is 4.82. The van der Waals surface area contributed by atoms with Crippen LogP contribution < -0.4 is 5.73 Å². The van der Waals surface area contributed by atoms with Crippen molar-refractivity contribution in [2.24, 2.45) is 5.73 Å². The van der Waals surface area contributed by atoms with Crippen molar-refractivity contribution in [1.82, 2.24) is 0 Å². The van der Waals surface area contributed by atoms with Crippen LogP contribution in [0, 0.1) is 0 Å². The third-order valence-corrected chi connectivity index (χ3v) is 2.39. The van der Waals surface area contributed by atoms with Crippen LogP contribution in [-0.2, 0) is 0 Å². The zero-order valence-corrected chi connectivity index (χ0v) is 10.2. The van der Waals surface area contributed by atoms with Gasteiger partial charge in [-0.05, 0) is 23.8 Å². The maximum atomic E-state index is 12.1. The van der Waals surface area contributed by atoms with Crippen LogP contribution in [0.4, 0.5) is 13.2 Å². The molecule has 0 bridgehead atoms. The molecule has 0 heterocycles. The summed E-state index contributed by atoms with van der Waals surface area (Å²) in [5, 5.41) is 0.503. The molecule has 0 unspecified atom stereocenters. The monoisotopic (exact) mass is 293 g/mol. The summed E-state index contributed by atoms with van der Waals surface area (Å²) >= 11 is 11.4. The van der Waals surface area contributed by atoms with Gasteiger partial charge in [-0.15, -0.1) is 12.4 Å². The summed E-state index contributed by atoms with van der Waals surface area (Å²) in [6.45, 7) is 0. The highest BCUT2D eigenvalue weighted by Gasteiger charge is 2.31. The molecule has 92 valence electrons. The van der Waals surface area contributed by atoms with Gasteiger partial charge >= 0.3 is 6.18 Å². The topological polar surface area (TPSA) is 26.0 Å². The highest BCUT2D eigenvalue weighted by molar-refractivity contribution is 6.33. The molecule has 0 aromatic heterocycles. The number of rotatable bonds is 2. The van der Waals surface area contributed by atoms with Gasteiger partial charge in [0.1, 0.15) is 0 Å². The lowest BCUT2D eigenvalue weighted by atomic mass is 10.0. The maximum absolute atomic E-state index is 12.1. The van der Waals surface area contributed by atoms with Gasteiger partial charge < -0.3 is 5.73 Å². The van der Waals surface area contributed by atoms with Gasteiger partial charge in [-0.2, -0.15) is 13.2 Å². The van der Waals surface area contributed by atoms with Gasteiger partial charge in [0.25, 0.3) is 0 Å². The Morgan fingerprint density at radius 1 is 1.25 bits per heavy atom. The van der Waals surface area contributed by atoms with Crippen molar-refractivity contribution < 1.29 is 13.2 Å². The SMILES string of the molecule is Cl.N[C@H](CC(F)(F)F)c1cc(Cl)ccc1Cl. The first-order chi connectivity index (χ1) is 6.79. The molecule has 0 fully saturated rings. The Bertz CT molecular complexity index is 354. The van der Waals surface area contributed by atoms with Crippen molar-refractivity contribution in [2.45, 2.75) is 18.6 Å². The lowest BCUT2D eigenvalue weighted by molar-refractivity contribution is -0.138. The Balaban J connectivity index is 0.00000225. The van der Waals surface area contributed by atoms with Crippen LogP contribution in [0.3, 0.4) is 0 Å². The van der Waals surface area contributed by atoms with E-state index in [1.807, 2.05) is 0 Å². The molecule has 2 N–H and O–H groups in total.